The molecule has 4 N–H and O–H groups in total. The number of nitrogens with zero attached hydrogens (tertiary/aromatic N) is 3. The Kier molecular flexibility index (Phi) is 3.59. The van der Waals surface area contributed by atoms with Crippen LogP contribution < -0.4 is 11.5 Å². The van der Waals surface area contributed by atoms with Gasteiger partial charge in [-0.15, -0.1) is 11.3 Å². The first kappa shape index (κ1) is 14.5. The summed E-state index contributed by atoms with van der Waals surface area (Å²) in [5, 5.41) is 0.664. The lowest BCUT2D eigenvalue weighted by atomic mass is 10.1. The van der Waals surface area contributed by atoms with Gasteiger partial charge in [-0.3, -0.25) is 14.0 Å². The Morgan fingerprint density at radius 1 is 1.32 bits per heavy atom. The standard InChI is InChI=1S/C13H11N5O2S2/c1-22(20)13-17-9(6-4-2-3-5-16-6)7-8(14)10(11(15)19)21-12(7)18-13/h2-5H,14H2,1H3,(H2,15,19). The van der Waals surface area contributed by atoms with Crippen LogP contribution in [0.2, 0.25) is 0 Å². The third kappa shape index (κ3) is 2.34. The first-order valence-corrected chi connectivity index (χ1v) is 8.51. The molecule has 0 aliphatic rings. The van der Waals surface area contributed by atoms with Gasteiger partial charge in [0.05, 0.1) is 27.6 Å². The molecule has 0 aromatic carbocycles. The molecule has 1 unspecified atom stereocenters. The van der Waals surface area contributed by atoms with Crippen molar-refractivity contribution in [3.63, 3.8) is 0 Å². The first-order valence-electron chi connectivity index (χ1n) is 6.13. The second-order valence-corrected chi connectivity index (χ2v) is 6.69. The number of nitrogens with two attached hydrogens (primary N) is 2. The van der Waals surface area contributed by atoms with Crippen molar-refractivity contribution in [3.05, 3.63) is 29.3 Å². The van der Waals surface area contributed by atoms with Gasteiger partial charge >= 0.3 is 0 Å². The predicted molar refractivity (Wildman–Crippen MR) is 85.9 cm³/mol. The van der Waals surface area contributed by atoms with Crippen molar-refractivity contribution >= 4 is 43.9 Å². The number of primary amides is 1. The molecule has 0 spiro atoms. The van der Waals surface area contributed by atoms with Crippen LogP contribution in [0.4, 0.5) is 5.69 Å². The summed E-state index contributed by atoms with van der Waals surface area (Å²) in [6.07, 6.45) is 3.10. The zero-order valence-electron chi connectivity index (χ0n) is 11.4. The van der Waals surface area contributed by atoms with Crippen molar-refractivity contribution in [2.24, 2.45) is 5.73 Å². The van der Waals surface area contributed by atoms with Gasteiger partial charge in [0.15, 0.2) is 0 Å². The molecule has 0 saturated heterocycles. The van der Waals surface area contributed by atoms with E-state index in [4.69, 9.17) is 11.5 Å². The highest BCUT2D eigenvalue weighted by Crippen LogP contribution is 2.37. The number of pyridine rings is 1. The van der Waals surface area contributed by atoms with E-state index in [1.165, 1.54) is 6.26 Å². The zero-order valence-corrected chi connectivity index (χ0v) is 13.1. The third-order valence-corrected chi connectivity index (χ3v) is 4.77. The lowest BCUT2D eigenvalue weighted by Gasteiger charge is -2.05. The van der Waals surface area contributed by atoms with E-state index in [1.807, 2.05) is 0 Å². The van der Waals surface area contributed by atoms with Crippen molar-refractivity contribution in [2.45, 2.75) is 5.16 Å². The van der Waals surface area contributed by atoms with Crippen LogP contribution in [-0.2, 0) is 10.8 Å². The average molecular weight is 333 g/mol. The van der Waals surface area contributed by atoms with Gasteiger partial charge in [-0.2, -0.15) is 0 Å². The van der Waals surface area contributed by atoms with Gasteiger partial charge in [-0.25, -0.2) is 9.97 Å². The van der Waals surface area contributed by atoms with Crippen LogP contribution >= 0.6 is 11.3 Å². The number of carbonyl (C=O) groups is 1. The van der Waals surface area contributed by atoms with Gasteiger partial charge in [0.2, 0.25) is 5.16 Å². The molecule has 0 fully saturated rings. The van der Waals surface area contributed by atoms with Crippen LogP contribution in [-0.4, -0.2) is 31.3 Å². The summed E-state index contributed by atoms with van der Waals surface area (Å²) in [5.74, 6) is -0.633. The van der Waals surface area contributed by atoms with Crippen molar-refractivity contribution in [3.8, 4) is 11.4 Å². The lowest BCUT2D eigenvalue weighted by molar-refractivity contribution is 0.100. The highest BCUT2D eigenvalue weighted by molar-refractivity contribution is 7.84. The molecule has 3 aromatic rings. The fourth-order valence-corrected chi connectivity index (χ4v) is 3.45. The molecule has 112 valence electrons. The summed E-state index contributed by atoms with van der Waals surface area (Å²) in [6.45, 7) is 0. The molecule has 0 radical (unpaired) electrons. The minimum atomic E-state index is -1.38. The highest BCUT2D eigenvalue weighted by Gasteiger charge is 2.22. The maximum Gasteiger partial charge on any atom is 0.260 e. The normalized spacial score (nSPS) is 12.4. The topological polar surface area (TPSA) is 125 Å². The van der Waals surface area contributed by atoms with Crippen molar-refractivity contribution in [1.82, 2.24) is 15.0 Å². The van der Waals surface area contributed by atoms with E-state index in [-0.39, 0.29) is 15.7 Å². The molecule has 0 saturated carbocycles. The minimum absolute atomic E-state index is 0.158. The Morgan fingerprint density at radius 2 is 2.09 bits per heavy atom. The molecule has 1 atom stereocenters. The van der Waals surface area contributed by atoms with E-state index in [2.05, 4.69) is 15.0 Å². The summed E-state index contributed by atoms with van der Waals surface area (Å²) in [4.78, 5) is 24.9. The molecular weight excluding hydrogens is 322 g/mol. The van der Waals surface area contributed by atoms with Gasteiger partial charge in [-0.1, -0.05) is 6.07 Å². The van der Waals surface area contributed by atoms with Crippen molar-refractivity contribution in [1.29, 1.82) is 0 Å². The van der Waals surface area contributed by atoms with E-state index in [1.54, 1.807) is 24.4 Å². The molecule has 3 heterocycles. The van der Waals surface area contributed by atoms with E-state index < -0.39 is 16.7 Å². The zero-order chi connectivity index (χ0) is 15.9. The van der Waals surface area contributed by atoms with Gasteiger partial charge in [0.1, 0.15) is 15.4 Å². The number of fused-ring (bicyclic) bond motifs is 1. The van der Waals surface area contributed by atoms with Crippen molar-refractivity contribution in [2.75, 3.05) is 12.0 Å². The third-order valence-electron chi connectivity index (χ3n) is 2.96. The number of hydrogen-bond acceptors (Lipinski definition) is 7. The minimum Gasteiger partial charge on any atom is -0.397 e. The smallest absolute Gasteiger partial charge is 0.260 e. The average Bonchev–Trinajstić information content (AvgIpc) is 2.84. The van der Waals surface area contributed by atoms with E-state index in [0.29, 0.717) is 21.6 Å². The molecular formula is C13H11N5O2S2. The molecule has 1 amide bonds. The number of rotatable bonds is 3. The number of aromatic nitrogens is 3. The van der Waals surface area contributed by atoms with Crippen molar-refractivity contribution < 1.29 is 9.00 Å². The Bertz CT molecular complexity index is 908. The largest absolute Gasteiger partial charge is 0.397 e. The molecule has 0 bridgehead atoms. The summed E-state index contributed by atoms with van der Waals surface area (Å²) < 4.78 is 11.7. The van der Waals surface area contributed by atoms with Crippen LogP contribution in [0, 0.1) is 0 Å². The van der Waals surface area contributed by atoms with Crippen LogP contribution in [0.1, 0.15) is 9.67 Å². The fourth-order valence-electron chi connectivity index (χ4n) is 2.00. The maximum absolute atomic E-state index is 11.7. The summed E-state index contributed by atoms with van der Waals surface area (Å²) in [7, 11) is -1.38. The molecule has 0 aliphatic carbocycles. The number of thiophene rings is 1. The van der Waals surface area contributed by atoms with E-state index >= 15 is 0 Å². The van der Waals surface area contributed by atoms with Gasteiger partial charge < -0.3 is 11.5 Å². The van der Waals surface area contributed by atoms with E-state index in [9.17, 15) is 9.00 Å². The summed E-state index contributed by atoms with van der Waals surface area (Å²) >= 11 is 1.06. The molecule has 3 rings (SSSR count). The monoisotopic (exact) mass is 333 g/mol. The molecule has 22 heavy (non-hydrogen) atoms. The van der Waals surface area contributed by atoms with E-state index in [0.717, 1.165) is 11.3 Å². The number of amides is 1. The Morgan fingerprint density at radius 3 is 2.68 bits per heavy atom. The van der Waals surface area contributed by atoms with Crippen LogP contribution in [0.25, 0.3) is 21.6 Å². The second kappa shape index (κ2) is 5.43. The number of nitrogen functional groups attached to an aromatic ring is 1. The summed E-state index contributed by atoms with van der Waals surface area (Å²) in [6, 6.07) is 5.33. The fraction of sp³-hybridized carbons (Fsp3) is 0.0769. The SMILES string of the molecule is CS(=O)c1nc(-c2ccccn2)c2c(N)c(C(N)=O)sc2n1. The molecule has 7 nitrogen and oxygen atoms in total. The van der Waals surface area contributed by atoms with Gasteiger partial charge in [0, 0.05) is 12.5 Å². The number of carbonyl (C=O) groups excluding carboxylic acids is 1. The molecule has 3 aromatic heterocycles. The Hall–Kier alpha value is -2.39. The molecule has 9 heteroatoms. The highest BCUT2D eigenvalue weighted by atomic mass is 32.2. The van der Waals surface area contributed by atoms with Crippen LogP contribution in [0.3, 0.4) is 0 Å². The summed E-state index contributed by atoms with van der Waals surface area (Å²) in [5.41, 5.74) is 12.6. The number of hydrogen-bond donors (Lipinski definition) is 2. The van der Waals surface area contributed by atoms with Crippen LogP contribution in [0.5, 0.6) is 0 Å². The quantitative estimate of drug-likeness (QED) is 0.693. The Balaban J connectivity index is 2.42. The number of anilines is 1. The molecule has 0 aliphatic heterocycles. The van der Waals surface area contributed by atoms with Crippen LogP contribution in [0.15, 0.2) is 29.6 Å². The van der Waals surface area contributed by atoms with Gasteiger partial charge in [-0.05, 0) is 12.1 Å². The second-order valence-electron chi connectivity index (χ2n) is 4.41. The predicted octanol–water partition coefficient (Wildman–Crippen LogP) is 1.17. The van der Waals surface area contributed by atoms with Gasteiger partial charge in [0.25, 0.3) is 5.91 Å². The Labute approximate surface area is 131 Å². The lowest BCUT2D eigenvalue weighted by Crippen LogP contribution is -2.10. The first-order chi connectivity index (χ1) is 10.5. The maximum atomic E-state index is 11.7.